The number of ketones is 1. The van der Waals surface area contributed by atoms with Crippen LogP contribution in [0.2, 0.25) is 0 Å². The van der Waals surface area contributed by atoms with E-state index in [2.05, 4.69) is 23.9 Å². The van der Waals surface area contributed by atoms with E-state index in [9.17, 15) is 9.18 Å². The number of likely N-dealkylation sites (N-methyl/N-ethyl adjacent to an activating group) is 2. The summed E-state index contributed by atoms with van der Waals surface area (Å²) in [6, 6.07) is 6.48. The Labute approximate surface area is 114 Å². The summed E-state index contributed by atoms with van der Waals surface area (Å²) in [5, 5.41) is 0. The van der Waals surface area contributed by atoms with Crippen LogP contribution in [0.1, 0.15) is 12.0 Å². The number of hydrogen-bond acceptors (Lipinski definition) is 3. The Bertz CT molecular complexity index is 432. The van der Waals surface area contributed by atoms with Crippen molar-refractivity contribution in [2.24, 2.45) is 0 Å². The van der Waals surface area contributed by atoms with Gasteiger partial charge in [-0.25, -0.2) is 4.39 Å². The topological polar surface area (TPSA) is 23.6 Å². The summed E-state index contributed by atoms with van der Waals surface area (Å²) >= 11 is 0. The number of piperazine rings is 1. The van der Waals surface area contributed by atoms with Crippen LogP contribution < -0.4 is 0 Å². The van der Waals surface area contributed by atoms with Crippen molar-refractivity contribution in [1.82, 2.24) is 9.80 Å². The maximum atomic E-state index is 12.8. The highest BCUT2D eigenvalue weighted by atomic mass is 19.1. The van der Waals surface area contributed by atoms with E-state index in [0.29, 0.717) is 18.9 Å². The molecule has 0 N–H and O–H groups in total. The van der Waals surface area contributed by atoms with Crippen LogP contribution in [0.4, 0.5) is 4.39 Å². The van der Waals surface area contributed by atoms with Gasteiger partial charge in [0.05, 0.1) is 0 Å². The highest BCUT2D eigenvalue weighted by molar-refractivity contribution is 5.81. The van der Waals surface area contributed by atoms with Crippen molar-refractivity contribution in [1.29, 1.82) is 0 Å². The fraction of sp³-hybridized carbons (Fsp3) is 0.533. The minimum absolute atomic E-state index is 0.221. The van der Waals surface area contributed by atoms with E-state index < -0.39 is 0 Å². The molecule has 4 heteroatoms. The molecule has 2 rings (SSSR count). The maximum absolute atomic E-state index is 12.8. The van der Waals surface area contributed by atoms with E-state index in [1.54, 1.807) is 12.1 Å². The van der Waals surface area contributed by atoms with Crippen molar-refractivity contribution in [2.75, 3.05) is 33.7 Å². The van der Waals surface area contributed by atoms with Crippen LogP contribution in [0.5, 0.6) is 0 Å². The summed E-state index contributed by atoms with van der Waals surface area (Å²) in [5.74, 6) is -0.0383. The van der Waals surface area contributed by atoms with Crippen molar-refractivity contribution in [2.45, 2.75) is 18.9 Å². The molecule has 0 spiro atoms. The van der Waals surface area contributed by atoms with Crippen LogP contribution in [0.15, 0.2) is 24.3 Å². The fourth-order valence-corrected chi connectivity index (χ4v) is 2.49. The molecule has 0 aromatic heterocycles. The molecule has 1 aromatic rings. The monoisotopic (exact) mass is 264 g/mol. The van der Waals surface area contributed by atoms with Gasteiger partial charge in [0, 0.05) is 38.5 Å². The third kappa shape index (κ3) is 4.11. The van der Waals surface area contributed by atoms with E-state index in [-0.39, 0.29) is 11.6 Å². The van der Waals surface area contributed by atoms with Gasteiger partial charge in [-0.2, -0.15) is 0 Å². The zero-order valence-electron chi connectivity index (χ0n) is 11.6. The quantitative estimate of drug-likeness (QED) is 0.825. The van der Waals surface area contributed by atoms with E-state index >= 15 is 0 Å². The first-order valence-corrected chi connectivity index (χ1v) is 6.69. The Balaban J connectivity index is 1.88. The van der Waals surface area contributed by atoms with Crippen LogP contribution in [0.25, 0.3) is 0 Å². The first-order valence-electron chi connectivity index (χ1n) is 6.69. The number of hydrogen-bond donors (Lipinski definition) is 0. The normalized spacial score (nSPS) is 21.5. The van der Waals surface area contributed by atoms with E-state index in [1.807, 2.05) is 0 Å². The Morgan fingerprint density at radius 2 is 1.95 bits per heavy atom. The Morgan fingerprint density at radius 3 is 2.63 bits per heavy atom. The number of carbonyl (C=O) groups is 1. The molecule has 1 heterocycles. The first kappa shape index (κ1) is 14.2. The van der Waals surface area contributed by atoms with Gasteiger partial charge in [0.15, 0.2) is 0 Å². The predicted octanol–water partition coefficient (Wildman–Crippen LogP) is 1.57. The second-order valence-corrected chi connectivity index (χ2v) is 5.44. The molecule has 1 aliphatic heterocycles. The second kappa shape index (κ2) is 6.26. The summed E-state index contributed by atoms with van der Waals surface area (Å²) in [6.45, 7) is 3.00. The molecule has 1 atom stereocenters. The maximum Gasteiger partial charge on any atom is 0.138 e. The number of Topliss-reactive ketones (excluding diaryl/α,β-unsaturated/α-hetero) is 1. The number of carbonyl (C=O) groups excluding carboxylic acids is 1. The van der Waals surface area contributed by atoms with Gasteiger partial charge < -0.3 is 9.80 Å². The van der Waals surface area contributed by atoms with Crippen LogP contribution in [0, 0.1) is 5.82 Å². The Hall–Kier alpha value is -1.26. The average Bonchev–Trinajstić information content (AvgIpc) is 2.37. The van der Waals surface area contributed by atoms with Gasteiger partial charge in [0.1, 0.15) is 11.6 Å². The van der Waals surface area contributed by atoms with Crippen molar-refractivity contribution >= 4 is 5.78 Å². The van der Waals surface area contributed by atoms with Crippen molar-refractivity contribution in [3.05, 3.63) is 35.6 Å². The molecule has 1 saturated heterocycles. The molecular formula is C15H21FN2O. The average molecular weight is 264 g/mol. The number of halogens is 1. The number of benzene rings is 1. The largest absolute Gasteiger partial charge is 0.304 e. The summed E-state index contributed by atoms with van der Waals surface area (Å²) < 4.78 is 12.8. The standard InChI is InChI=1S/C15H21FN2O/c1-17-7-8-18(2)14(11-17)10-15(19)9-12-3-5-13(16)6-4-12/h3-6,14H,7-11H2,1-2H3. The lowest BCUT2D eigenvalue weighted by Gasteiger charge is -2.37. The van der Waals surface area contributed by atoms with Gasteiger partial charge in [-0.05, 0) is 31.8 Å². The minimum Gasteiger partial charge on any atom is -0.304 e. The smallest absolute Gasteiger partial charge is 0.138 e. The predicted molar refractivity (Wildman–Crippen MR) is 73.6 cm³/mol. The molecule has 104 valence electrons. The van der Waals surface area contributed by atoms with E-state index in [0.717, 1.165) is 25.2 Å². The summed E-state index contributed by atoms with van der Waals surface area (Å²) in [5.41, 5.74) is 0.887. The highest BCUT2D eigenvalue weighted by Gasteiger charge is 2.24. The molecular weight excluding hydrogens is 243 g/mol. The molecule has 1 aliphatic rings. The first-order chi connectivity index (χ1) is 9.04. The molecule has 19 heavy (non-hydrogen) atoms. The van der Waals surface area contributed by atoms with Crippen molar-refractivity contribution in [3.8, 4) is 0 Å². The van der Waals surface area contributed by atoms with E-state index in [1.165, 1.54) is 12.1 Å². The van der Waals surface area contributed by atoms with Gasteiger partial charge in [0.25, 0.3) is 0 Å². The summed E-state index contributed by atoms with van der Waals surface area (Å²) in [7, 11) is 4.16. The molecule has 3 nitrogen and oxygen atoms in total. The lowest BCUT2D eigenvalue weighted by molar-refractivity contribution is -0.120. The summed E-state index contributed by atoms with van der Waals surface area (Å²) in [6.07, 6.45) is 0.965. The van der Waals surface area contributed by atoms with Crippen molar-refractivity contribution in [3.63, 3.8) is 0 Å². The molecule has 0 aliphatic carbocycles. The Kier molecular flexibility index (Phi) is 4.66. The number of nitrogens with zero attached hydrogens (tertiary/aromatic N) is 2. The molecule has 1 fully saturated rings. The summed E-state index contributed by atoms with van der Waals surface area (Å²) in [4.78, 5) is 16.6. The SMILES string of the molecule is CN1CCN(C)C(CC(=O)Cc2ccc(F)cc2)C1. The molecule has 1 aromatic carbocycles. The van der Waals surface area contributed by atoms with Gasteiger partial charge in [-0.3, -0.25) is 4.79 Å². The highest BCUT2D eigenvalue weighted by Crippen LogP contribution is 2.12. The van der Waals surface area contributed by atoms with Crippen LogP contribution in [-0.4, -0.2) is 55.4 Å². The van der Waals surface area contributed by atoms with Gasteiger partial charge in [-0.15, -0.1) is 0 Å². The molecule has 1 unspecified atom stereocenters. The van der Waals surface area contributed by atoms with Crippen LogP contribution in [0.3, 0.4) is 0 Å². The van der Waals surface area contributed by atoms with Gasteiger partial charge in [-0.1, -0.05) is 12.1 Å². The van der Waals surface area contributed by atoms with Crippen LogP contribution >= 0.6 is 0 Å². The Morgan fingerprint density at radius 1 is 1.26 bits per heavy atom. The second-order valence-electron chi connectivity index (χ2n) is 5.44. The zero-order chi connectivity index (χ0) is 13.8. The van der Waals surface area contributed by atoms with Crippen LogP contribution in [-0.2, 0) is 11.2 Å². The molecule has 0 saturated carbocycles. The third-order valence-electron chi connectivity index (χ3n) is 3.76. The van der Waals surface area contributed by atoms with Gasteiger partial charge in [0.2, 0.25) is 0 Å². The molecule has 0 radical (unpaired) electrons. The van der Waals surface area contributed by atoms with E-state index in [4.69, 9.17) is 0 Å². The molecule has 0 amide bonds. The lowest BCUT2D eigenvalue weighted by atomic mass is 10.0. The van der Waals surface area contributed by atoms with Crippen molar-refractivity contribution < 1.29 is 9.18 Å². The lowest BCUT2D eigenvalue weighted by Crippen LogP contribution is -2.50. The fourth-order valence-electron chi connectivity index (χ4n) is 2.49. The zero-order valence-corrected chi connectivity index (χ0v) is 11.6. The third-order valence-corrected chi connectivity index (χ3v) is 3.76. The molecule has 0 bridgehead atoms. The van der Waals surface area contributed by atoms with Gasteiger partial charge >= 0.3 is 0 Å². The minimum atomic E-state index is -0.259. The number of rotatable bonds is 4.